The van der Waals surface area contributed by atoms with Crippen LogP contribution < -0.4 is 4.74 Å². The second-order valence-corrected chi connectivity index (χ2v) is 8.00. The lowest BCUT2D eigenvalue weighted by Crippen LogP contribution is -2.37. The molecule has 134 valence electrons. The Morgan fingerprint density at radius 1 is 1.25 bits per heavy atom. The van der Waals surface area contributed by atoms with E-state index in [-0.39, 0.29) is 22.4 Å². The molecule has 8 heteroatoms. The smallest absolute Gasteiger partial charge is 0.244 e. The highest BCUT2D eigenvalue weighted by atomic mass is 35.5. The van der Waals surface area contributed by atoms with Crippen LogP contribution in [0.3, 0.4) is 0 Å². The molecule has 24 heavy (non-hydrogen) atoms. The summed E-state index contributed by atoms with van der Waals surface area (Å²) in [6, 6.07) is 4.53. The average molecular weight is 375 g/mol. The molecule has 0 N–H and O–H groups in total. The lowest BCUT2D eigenvalue weighted by molar-refractivity contribution is -0.131. The number of amides is 1. The molecular formula is C16H23ClN2O4S. The second kappa shape index (κ2) is 8.18. The molecule has 1 aromatic rings. The number of carbonyl (C=O) groups excluding carboxylic acids is 1. The van der Waals surface area contributed by atoms with Crippen LogP contribution in [0.25, 0.3) is 0 Å². The van der Waals surface area contributed by atoms with Gasteiger partial charge in [-0.2, -0.15) is 4.31 Å². The van der Waals surface area contributed by atoms with Gasteiger partial charge in [0.25, 0.3) is 0 Å². The third-order valence-corrected chi connectivity index (χ3v) is 6.41. The molecule has 1 aliphatic heterocycles. The molecule has 0 aliphatic carbocycles. The molecule has 6 nitrogen and oxygen atoms in total. The SMILES string of the molecule is CCCC(=O)N1CCCN(S(=O)(=O)c2ccc(OC)cc2Cl)CC1. The summed E-state index contributed by atoms with van der Waals surface area (Å²) < 4.78 is 32.2. The van der Waals surface area contributed by atoms with E-state index < -0.39 is 10.0 Å². The number of benzene rings is 1. The van der Waals surface area contributed by atoms with Gasteiger partial charge in [-0.15, -0.1) is 0 Å². The monoisotopic (exact) mass is 374 g/mol. The van der Waals surface area contributed by atoms with Crippen LogP contribution in [0.4, 0.5) is 0 Å². The summed E-state index contributed by atoms with van der Waals surface area (Å²) in [6.07, 6.45) is 1.90. The van der Waals surface area contributed by atoms with Crippen molar-refractivity contribution in [2.24, 2.45) is 0 Å². The molecule has 1 amide bonds. The zero-order chi connectivity index (χ0) is 17.7. The van der Waals surface area contributed by atoms with Crippen molar-refractivity contribution in [3.63, 3.8) is 0 Å². The quantitative estimate of drug-likeness (QED) is 0.793. The number of ether oxygens (including phenoxy) is 1. The van der Waals surface area contributed by atoms with E-state index in [1.807, 2.05) is 6.92 Å². The van der Waals surface area contributed by atoms with Gasteiger partial charge in [-0.25, -0.2) is 8.42 Å². The van der Waals surface area contributed by atoms with Crippen LogP contribution in [-0.4, -0.2) is 56.8 Å². The third kappa shape index (κ3) is 4.20. The first kappa shape index (κ1) is 19.0. The molecule has 1 heterocycles. The number of hydrogen-bond acceptors (Lipinski definition) is 4. The number of sulfonamides is 1. The van der Waals surface area contributed by atoms with Crippen LogP contribution in [0.5, 0.6) is 5.75 Å². The highest BCUT2D eigenvalue weighted by Crippen LogP contribution is 2.29. The maximum Gasteiger partial charge on any atom is 0.244 e. The molecule has 0 radical (unpaired) electrons. The summed E-state index contributed by atoms with van der Waals surface area (Å²) in [4.78, 5) is 13.8. The zero-order valence-corrected chi connectivity index (χ0v) is 15.6. The Balaban J connectivity index is 2.17. The largest absolute Gasteiger partial charge is 0.497 e. The van der Waals surface area contributed by atoms with E-state index in [4.69, 9.17) is 16.3 Å². The van der Waals surface area contributed by atoms with Gasteiger partial charge in [-0.05, 0) is 25.0 Å². The van der Waals surface area contributed by atoms with Gasteiger partial charge >= 0.3 is 0 Å². The molecule has 0 bridgehead atoms. The number of nitrogens with zero attached hydrogens (tertiary/aromatic N) is 2. The lowest BCUT2D eigenvalue weighted by Gasteiger charge is -2.22. The first-order valence-electron chi connectivity index (χ1n) is 8.01. The zero-order valence-electron chi connectivity index (χ0n) is 14.0. The molecule has 1 fully saturated rings. The minimum absolute atomic E-state index is 0.0679. The molecule has 1 aromatic carbocycles. The Kier molecular flexibility index (Phi) is 6.48. The minimum Gasteiger partial charge on any atom is -0.497 e. The lowest BCUT2D eigenvalue weighted by atomic mass is 10.3. The van der Waals surface area contributed by atoms with Gasteiger partial charge in [-0.3, -0.25) is 4.79 Å². The topological polar surface area (TPSA) is 66.9 Å². The molecule has 1 aliphatic rings. The highest BCUT2D eigenvalue weighted by molar-refractivity contribution is 7.89. The van der Waals surface area contributed by atoms with Crippen molar-refractivity contribution in [2.45, 2.75) is 31.1 Å². The Labute approximate surface area is 148 Å². The van der Waals surface area contributed by atoms with Crippen molar-refractivity contribution < 1.29 is 17.9 Å². The van der Waals surface area contributed by atoms with Crippen molar-refractivity contribution >= 4 is 27.5 Å². The van der Waals surface area contributed by atoms with E-state index >= 15 is 0 Å². The molecule has 1 saturated heterocycles. The summed E-state index contributed by atoms with van der Waals surface area (Å²) in [5.41, 5.74) is 0. The fourth-order valence-corrected chi connectivity index (χ4v) is 4.69. The van der Waals surface area contributed by atoms with Gasteiger partial charge in [0.1, 0.15) is 10.6 Å². The Bertz CT molecular complexity index is 693. The van der Waals surface area contributed by atoms with Crippen LogP contribution >= 0.6 is 11.6 Å². The predicted octanol–water partition coefficient (Wildman–Crippen LogP) is 2.37. The second-order valence-electron chi connectivity index (χ2n) is 5.68. The van der Waals surface area contributed by atoms with Gasteiger partial charge < -0.3 is 9.64 Å². The summed E-state index contributed by atoms with van der Waals surface area (Å²) in [5.74, 6) is 0.588. The number of halogens is 1. The van der Waals surface area contributed by atoms with Crippen LogP contribution in [0, 0.1) is 0 Å². The molecule has 0 atom stereocenters. The third-order valence-electron chi connectivity index (χ3n) is 4.03. The number of methoxy groups -OCH3 is 1. The van der Waals surface area contributed by atoms with Gasteiger partial charge in [0, 0.05) is 38.7 Å². The number of carbonyl (C=O) groups is 1. The Morgan fingerprint density at radius 3 is 2.62 bits per heavy atom. The minimum atomic E-state index is -3.69. The van der Waals surface area contributed by atoms with E-state index in [0.717, 1.165) is 6.42 Å². The van der Waals surface area contributed by atoms with Crippen molar-refractivity contribution in [3.05, 3.63) is 23.2 Å². The van der Waals surface area contributed by atoms with E-state index in [2.05, 4.69) is 0 Å². The van der Waals surface area contributed by atoms with E-state index in [1.165, 1.54) is 23.5 Å². The molecule has 2 rings (SSSR count). The Morgan fingerprint density at radius 2 is 2.00 bits per heavy atom. The van der Waals surface area contributed by atoms with Gasteiger partial charge in [0.2, 0.25) is 15.9 Å². The first-order chi connectivity index (χ1) is 11.4. The van der Waals surface area contributed by atoms with Crippen molar-refractivity contribution in [3.8, 4) is 5.75 Å². The molecule has 0 saturated carbocycles. The molecule has 0 unspecified atom stereocenters. The summed E-state index contributed by atoms with van der Waals surface area (Å²) in [5, 5.41) is 0.137. The van der Waals surface area contributed by atoms with Crippen LogP contribution in [0.2, 0.25) is 5.02 Å². The first-order valence-corrected chi connectivity index (χ1v) is 9.83. The maximum absolute atomic E-state index is 12.9. The van der Waals surface area contributed by atoms with Gasteiger partial charge in [0.05, 0.1) is 12.1 Å². The van der Waals surface area contributed by atoms with E-state index in [0.29, 0.717) is 38.2 Å². The average Bonchev–Trinajstić information content (AvgIpc) is 2.81. The summed E-state index contributed by atoms with van der Waals surface area (Å²) in [6.45, 7) is 3.60. The highest BCUT2D eigenvalue weighted by Gasteiger charge is 2.29. The molecule has 0 aromatic heterocycles. The van der Waals surface area contributed by atoms with Crippen LogP contribution in [0.15, 0.2) is 23.1 Å². The van der Waals surface area contributed by atoms with E-state index in [1.54, 1.807) is 11.0 Å². The van der Waals surface area contributed by atoms with Crippen LogP contribution in [-0.2, 0) is 14.8 Å². The number of hydrogen-bond donors (Lipinski definition) is 0. The van der Waals surface area contributed by atoms with Gasteiger partial charge in [-0.1, -0.05) is 18.5 Å². The van der Waals surface area contributed by atoms with Crippen molar-refractivity contribution in [1.29, 1.82) is 0 Å². The summed E-state index contributed by atoms with van der Waals surface area (Å²) in [7, 11) is -2.20. The summed E-state index contributed by atoms with van der Waals surface area (Å²) >= 11 is 6.12. The van der Waals surface area contributed by atoms with Crippen molar-refractivity contribution in [2.75, 3.05) is 33.3 Å². The fourth-order valence-electron chi connectivity index (χ4n) is 2.71. The maximum atomic E-state index is 12.9. The number of rotatable bonds is 5. The van der Waals surface area contributed by atoms with Crippen LogP contribution in [0.1, 0.15) is 26.2 Å². The Hall–Kier alpha value is -1.31. The predicted molar refractivity (Wildman–Crippen MR) is 92.9 cm³/mol. The normalized spacial score (nSPS) is 16.7. The van der Waals surface area contributed by atoms with Crippen molar-refractivity contribution in [1.82, 2.24) is 9.21 Å². The standard InChI is InChI=1S/C16H23ClN2O4S/c1-3-5-16(20)18-8-4-9-19(11-10-18)24(21,22)15-7-6-13(23-2)12-14(15)17/h6-7,12H,3-5,8-11H2,1-2H3. The fraction of sp³-hybridized carbons (Fsp3) is 0.562. The molecule has 0 spiro atoms. The van der Waals surface area contributed by atoms with E-state index in [9.17, 15) is 13.2 Å². The molecular weight excluding hydrogens is 352 g/mol. The van der Waals surface area contributed by atoms with Gasteiger partial charge in [0.15, 0.2) is 0 Å².